The largest absolute Gasteiger partial charge is 0.0568 e. The standard InChI is InChI=1S/C10H11Br2/c1-2-3-4-8-5-6-9(11)7-10(8)12/h5-7H,1-4H2. The summed E-state index contributed by atoms with van der Waals surface area (Å²) in [6.45, 7) is 3.82. The second kappa shape index (κ2) is 5.03. The number of hydrogen-bond acceptors (Lipinski definition) is 0. The lowest BCUT2D eigenvalue weighted by Gasteiger charge is -2.03. The van der Waals surface area contributed by atoms with Crippen molar-refractivity contribution in [2.75, 3.05) is 0 Å². The molecule has 0 aliphatic heterocycles. The highest BCUT2D eigenvalue weighted by atomic mass is 79.9. The summed E-state index contributed by atoms with van der Waals surface area (Å²) in [5.41, 5.74) is 1.36. The lowest BCUT2D eigenvalue weighted by molar-refractivity contribution is 0.837. The van der Waals surface area contributed by atoms with Crippen LogP contribution in [-0.4, -0.2) is 0 Å². The lowest BCUT2D eigenvalue weighted by atomic mass is 10.1. The third-order valence-corrected chi connectivity index (χ3v) is 2.94. The zero-order valence-corrected chi connectivity index (χ0v) is 9.99. The van der Waals surface area contributed by atoms with Gasteiger partial charge in [-0.05, 0) is 30.5 Å². The third-order valence-electron chi connectivity index (χ3n) is 1.71. The van der Waals surface area contributed by atoms with Crippen molar-refractivity contribution in [2.24, 2.45) is 0 Å². The summed E-state index contributed by atoms with van der Waals surface area (Å²) < 4.78 is 2.30. The van der Waals surface area contributed by atoms with Crippen LogP contribution in [-0.2, 0) is 6.42 Å². The van der Waals surface area contributed by atoms with Crippen LogP contribution in [0.5, 0.6) is 0 Å². The van der Waals surface area contributed by atoms with Gasteiger partial charge in [-0.25, -0.2) is 0 Å². The molecule has 1 rings (SSSR count). The van der Waals surface area contributed by atoms with Gasteiger partial charge in [0.05, 0.1) is 0 Å². The normalized spacial score (nSPS) is 10.2. The van der Waals surface area contributed by atoms with Gasteiger partial charge in [-0.15, -0.1) is 0 Å². The molecular weight excluding hydrogens is 280 g/mol. The van der Waals surface area contributed by atoms with Crippen LogP contribution in [0.4, 0.5) is 0 Å². The second-order valence-electron chi connectivity index (χ2n) is 2.69. The van der Waals surface area contributed by atoms with Gasteiger partial charge in [0.15, 0.2) is 0 Å². The van der Waals surface area contributed by atoms with Crippen molar-refractivity contribution in [3.05, 3.63) is 39.6 Å². The molecule has 2 heteroatoms. The minimum absolute atomic E-state index is 1.00. The first-order chi connectivity index (χ1) is 5.74. The summed E-state index contributed by atoms with van der Waals surface area (Å²) in [5.74, 6) is 0. The highest BCUT2D eigenvalue weighted by Crippen LogP contribution is 2.23. The highest BCUT2D eigenvalue weighted by Gasteiger charge is 1.98. The molecule has 0 saturated carbocycles. The van der Waals surface area contributed by atoms with Crippen LogP contribution in [0.1, 0.15) is 18.4 Å². The summed E-state index contributed by atoms with van der Waals surface area (Å²) in [6, 6.07) is 6.30. The van der Waals surface area contributed by atoms with Crippen LogP contribution in [0.25, 0.3) is 0 Å². The Labute approximate surface area is 90.6 Å². The quantitative estimate of drug-likeness (QED) is 0.775. The molecular formula is C10H11Br2. The summed E-state index contributed by atoms with van der Waals surface area (Å²) in [7, 11) is 0. The van der Waals surface area contributed by atoms with Gasteiger partial charge >= 0.3 is 0 Å². The van der Waals surface area contributed by atoms with E-state index >= 15 is 0 Å². The molecule has 0 aromatic heterocycles. The van der Waals surface area contributed by atoms with E-state index in [1.165, 1.54) is 10.0 Å². The third kappa shape index (κ3) is 2.91. The predicted molar refractivity (Wildman–Crippen MR) is 60.1 cm³/mol. The van der Waals surface area contributed by atoms with E-state index in [9.17, 15) is 0 Å². The molecule has 0 unspecified atom stereocenters. The maximum Gasteiger partial charge on any atom is 0.0218 e. The maximum atomic E-state index is 3.82. The number of rotatable bonds is 3. The predicted octanol–water partition coefficient (Wildman–Crippen LogP) is 4.37. The zero-order chi connectivity index (χ0) is 8.97. The number of unbranched alkanes of at least 4 members (excludes halogenated alkanes) is 1. The molecule has 12 heavy (non-hydrogen) atoms. The Balaban J connectivity index is 2.72. The number of benzene rings is 1. The van der Waals surface area contributed by atoms with Gasteiger partial charge in [0.25, 0.3) is 0 Å². The van der Waals surface area contributed by atoms with Crippen molar-refractivity contribution in [2.45, 2.75) is 19.3 Å². The van der Waals surface area contributed by atoms with Crippen LogP contribution in [0.2, 0.25) is 0 Å². The van der Waals surface area contributed by atoms with Gasteiger partial charge in [0.1, 0.15) is 0 Å². The van der Waals surface area contributed by atoms with Crippen molar-refractivity contribution in [3.8, 4) is 0 Å². The van der Waals surface area contributed by atoms with E-state index in [0.717, 1.165) is 23.7 Å². The molecule has 1 aromatic rings. The van der Waals surface area contributed by atoms with Gasteiger partial charge in [-0.1, -0.05) is 51.3 Å². The molecule has 0 N–H and O–H groups in total. The Hall–Kier alpha value is 0.180. The molecule has 0 aliphatic carbocycles. The number of halogens is 2. The Morgan fingerprint density at radius 2 is 2.00 bits per heavy atom. The molecule has 0 fully saturated rings. The molecule has 0 aliphatic rings. The second-order valence-corrected chi connectivity index (χ2v) is 4.46. The molecule has 0 heterocycles. The summed E-state index contributed by atoms with van der Waals surface area (Å²) >= 11 is 6.95. The van der Waals surface area contributed by atoms with E-state index in [1.807, 2.05) is 0 Å². The fourth-order valence-electron chi connectivity index (χ4n) is 1.04. The van der Waals surface area contributed by atoms with E-state index in [4.69, 9.17) is 0 Å². The molecule has 0 bridgehead atoms. The van der Waals surface area contributed by atoms with Crippen molar-refractivity contribution in [1.82, 2.24) is 0 Å². The maximum absolute atomic E-state index is 3.82. The van der Waals surface area contributed by atoms with Gasteiger partial charge in [0, 0.05) is 8.95 Å². The lowest BCUT2D eigenvalue weighted by Crippen LogP contribution is -1.85. The first-order valence-electron chi connectivity index (χ1n) is 3.97. The van der Waals surface area contributed by atoms with Crippen molar-refractivity contribution in [1.29, 1.82) is 0 Å². The minimum atomic E-state index is 1.00. The van der Waals surface area contributed by atoms with E-state index in [0.29, 0.717) is 0 Å². The molecule has 0 nitrogen and oxygen atoms in total. The van der Waals surface area contributed by atoms with E-state index in [2.05, 4.69) is 57.0 Å². The summed E-state index contributed by atoms with van der Waals surface area (Å²) in [4.78, 5) is 0. The Bertz CT molecular complexity index is 256. The zero-order valence-electron chi connectivity index (χ0n) is 6.82. The highest BCUT2D eigenvalue weighted by molar-refractivity contribution is 9.11. The monoisotopic (exact) mass is 289 g/mol. The molecule has 1 aromatic carbocycles. The van der Waals surface area contributed by atoms with Crippen LogP contribution in [0.3, 0.4) is 0 Å². The Morgan fingerprint density at radius 3 is 2.58 bits per heavy atom. The Kier molecular flexibility index (Phi) is 4.30. The van der Waals surface area contributed by atoms with E-state index < -0.39 is 0 Å². The molecule has 0 saturated heterocycles. The van der Waals surface area contributed by atoms with Crippen LogP contribution < -0.4 is 0 Å². The first kappa shape index (κ1) is 10.3. The molecule has 0 amide bonds. The fourth-order valence-corrected chi connectivity index (χ4v) is 2.29. The molecule has 65 valence electrons. The van der Waals surface area contributed by atoms with Gasteiger partial charge in [0.2, 0.25) is 0 Å². The Morgan fingerprint density at radius 1 is 1.25 bits per heavy atom. The first-order valence-corrected chi connectivity index (χ1v) is 5.56. The van der Waals surface area contributed by atoms with E-state index in [1.54, 1.807) is 0 Å². The molecule has 0 atom stereocenters. The van der Waals surface area contributed by atoms with Crippen molar-refractivity contribution >= 4 is 31.9 Å². The molecule has 1 radical (unpaired) electrons. The van der Waals surface area contributed by atoms with Crippen LogP contribution in [0, 0.1) is 6.92 Å². The average Bonchev–Trinajstić information content (AvgIpc) is 2.03. The van der Waals surface area contributed by atoms with Crippen LogP contribution >= 0.6 is 31.9 Å². The van der Waals surface area contributed by atoms with Crippen molar-refractivity contribution in [3.63, 3.8) is 0 Å². The number of aryl methyl sites for hydroxylation is 1. The average molecular weight is 291 g/mol. The summed E-state index contributed by atoms with van der Waals surface area (Å²) in [6.07, 6.45) is 3.26. The minimum Gasteiger partial charge on any atom is -0.0568 e. The topological polar surface area (TPSA) is 0 Å². The van der Waals surface area contributed by atoms with Gasteiger partial charge in [-0.2, -0.15) is 0 Å². The van der Waals surface area contributed by atoms with Crippen molar-refractivity contribution < 1.29 is 0 Å². The van der Waals surface area contributed by atoms with E-state index in [-0.39, 0.29) is 0 Å². The smallest absolute Gasteiger partial charge is 0.0218 e. The molecule has 0 spiro atoms. The summed E-state index contributed by atoms with van der Waals surface area (Å²) in [5, 5.41) is 0. The van der Waals surface area contributed by atoms with Gasteiger partial charge in [-0.3, -0.25) is 0 Å². The number of hydrogen-bond donors (Lipinski definition) is 0. The fraction of sp³-hybridized carbons (Fsp3) is 0.300. The van der Waals surface area contributed by atoms with Crippen LogP contribution in [0.15, 0.2) is 27.1 Å². The van der Waals surface area contributed by atoms with Gasteiger partial charge < -0.3 is 0 Å². The SMILES string of the molecule is [CH2]CCCc1ccc(Br)cc1Br.